The van der Waals surface area contributed by atoms with Crippen molar-refractivity contribution in [1.82, 2.24) is 4.90 Å². The maximum atomic E-state index is 11.4. The van der Waals surface area contributed by atoms with Gasteiger partial charge in [0.15, 0.2) is 0 Å². The molecule has 0 bridgehead atoms. The Morgan fingerprint density at radius 3 is 2.37 bits per heavy atom. The lowest BCUT2D eigenvalue weighted by molar-refractivity contribution is 0.0748. The second-order valence-corrected chi connectivity index (χ2v) is 6.14. The Balaban J connectivity index is 2.20. The summed E-state index contributed by atoms with van der Waals surface area (Å²) in [5.41, 5.74) is 1.10. The second-order valence-electron chi connectivity index (χ2n) is 6.14. The standard InChI is InChI=1S/C15H22N2O2/c1-15(2,3)13-11-16(9-10-17(13)14(18)19)12-7-5-4-6-8-12/h4-8,13H,9-11H2,1-3H3,(H,18,19). The van der Waals surface area contributed by atoms with Crippen LogP contribution in [0, 0.1) is 5.41 Å². The van der Waals surface area contributed by atoms with Gasteiger partial charge in [-0.15, -0.1) is 0 Å². The van der Waals surface area contributed by atoms with Gasteiger partial charge in [-0.1, -0.05) is 39.0 Å². The Kier molecular flexibility index (Phi) is 3.69. The van der Waals surface area contributed by atoms with Crippen LogP contribution in [-0.2, 0) is 0 Å². The third-order valence-corrected chi connectivity index (χ3v) is 3.75. The molecule has 1 aliphatic heterocycles. The van der Waals surface area contributed by atoms with Gasteiger partial charge in [-0.3, -0.25) is 0 Å². The van der Waals surface area contributed by atoms with Gasteiger partial charge in [0.05, 0.1) is 6.04 Å². The molecule has 0 spiro atoms. The fourth-order valence-electron chi connectivity index (χ4n) is 2.63. The first-order valence-electron chi connectivity index (χ1n) is 6.69. The zero-order valence-corrected chi connectivity index (χ0v) is 11.8. The predicted molar refractivity (Wildman–Crippen MR) is 76.6 cm³/mol. The zero-order valence-electron chi connectivity index (χ0n) is 11.8. The molecular weight excluding hydrogens is 240 g/mol. The zero-order chi connectivity index (χ0) is 14.0. The minimum Gasteiger partial charge on any atom is -0.465 e. The van der Waals surface area contributed by atoms with E-state index in [0.717, 1.165) is 13.1 Å². The number of carboxylic acid groups (broad SMARTS) is 1. The molecule has 1 aromatic carbocycles. The average molecular weight is 262 g/mol. The third-order valence-electron chi connectivity index (χ3n) is 3.75. The summed E-state index contributed by atoms with van der Waals surface area (Å²) in [4.78, 5) is 15.2. The molecule has 1 aromatic rings. The fraction of sp³-hybridized carbons (Fsp3) is 0.533. The van der Waals surface area contributed by atoms with E-state index in [1.807, 2.05) is 18.2 Å². The Morgan fingerprint density at radius 1 is 1.21 bits per heavy atom. The van der Waals surface area contributed by atoms with Crippen molar-refractivity contribution < 1.29 is 9.90 Å². The Morgan fingerprint density at radius 2 is 1.84 bits per heavy atom. The van der Waals surface area contributed by atoms with E-state index in [-0.39, 0.29) is 11.5 Å². The number of nitrogens with zero attached hydrogens (tertiary/aromatic N) is 2. The van der Waals surface area contributed by atoms with Crippen molar-refractivity contribution in [3.8, 4) is 0 Å². The molecular formula is C15H22N2O2. The van der Waals surface area contributed by atoms with Crippen molar-refractivity contribution in [2.45, 2.75) is 26.8 Å². The topological polar surface area (TPSA) is 43.8 Å². The monoisotopic (exact) mass is 262 g/mol. The number of anilines is 1. The number of rotatable bonds is 1. The molecule has 1 N–H and O–H groups in total. The van der Waals surface area contributed by atoms with Gasteiger partial charge in [-0.25, -0.2) is 4.79 Å². The Bertz CT molecular complexity index is 439. The molecule has 1 aliphatic rings. The van der Waals surface area contributed by atoms with E-state index in [4.69, 9.17) is 0 Å². The lowest BCUT2D eigenvalue weighted by Gasteiger charge is -2.46. The lowest BCUT2D eigenvalue weighted by atomic mass is 9.84. The van der Waals surface area contributed by atoms with Crippen molar-refractivity contribution in [1.29, 1.82) is 0 Å². The minimum absolute atomic E-state index is 0.0129. The SMILES string of the molecule is CC(C)(C)C1CN(c2ccccc2)CCN1C(=O)O. The molecule has 1 amide bonds. The third kappa shape index (κ3) is 3.00. The Labute approximate surface area is 114 Å². The van der Waals surface area contributed by atoms with E-state index in [1.54, 1.807) is 4.90 Å². The summed E-state index contributed by atoms with van der Waals surface area (Å²) in [5, 5.41) is 9.34. The molecule has 4 heteroatoms. The molecule has 1 unspecified atom stereocenters. The first-order chi connectivity index (χ1) is 8.89. The van der Waals surface area contributed by atoms with E-state index in [1.165, 1.54) is 5.69 Å². The van der Waals surface area contributed by atoms with Gasteiger partial charge < -0.3 is 14.9 Å². The van der Waals surface area contributed by atoms with Crippen molar-refractivity contribution in [3.63, 3.8) is 0 Å². The van der Waals surface area contributed by atoms with Crippen LogP contribution < -0.4 is 4.90 Å². The van der Waals surface area contributed by atoms with Gasteiger partial charge in [0.1, 0.15) is 0 Å². The second kappa shape index (κ2) is 5.11. The average Bonchev–Trinajstić information content (AvgIpc) is 2.38. The molecule has 19 heavy (non-hydrogen) atoms. The molecule has 0 saturated carbocycles. The molecule has 0 aliphatic carbocycles. The van der Waals surface area contributed by atoms with Crippen LogP contribution in [0.25, 0.3) is 0 Å². The van der Waals surface area contributed by atoms with E-state index < -0.39 is 6.09 Å². The highest BCUT2D eigenvalue weighted by atomic mass is 16.4. The van der Waals surface area contributed by atoms with Crippen molar-refractivity contribution in [2.75, 3.05) is 24.5 Å². The highest BCUT2D eigenvalue weighted by Gasteiger charge is 2.37. The minimum atomic E-state index is -0.812. The number of para-hydroxylation sites is 1. The highest BCUT2D eigenvalue weighted by molar-refractivity contribution is 5.66. The van der Waals surface area contributed by atoms with Crippen LogP contribution >= 0.6 is 0 Å². The van der Waals surface area contributed by atoms with Crippen LogP contribution in [0.4, 0.5) is 10.5 Å². The number of piperazine rings is 1. The van der Waals surface area contributed by atoms with Gasteiger partial charge in [0.25, 0.3) is 0 Å². The van der Waals surface area contributed by atoms with Crippen molar-refractivity contribution >= 4 is 11.8 Å². The number of amides is 1. The summed E-state index contributed by atoms with van der Waals surface area (Å²) in [6, 6.07) is 10.2. The summed E-state index contributed by atoms with van der Waals surface area (Å²) in [6.07, 6.45) is -0.812. The maximum absolute atomic E-state index is 11.4. The first kappa shape index (κ1) is 13.7. The van der Waals surface area contributed by atoms with E-state index in [9.17, 15) is 9.90 Å². The van der Waals surface area contributed by atoms with E-state index in [2.05, 4.69) is 37.8 Å². The fourth-order valence-corrected chi connectivity index (χ4v) is 2.63. The van der Waals surface area contributed by atoms with Gasteiger partial charge in [0, 0.05) is 25.3 Å². The molecule has 0 aromatic heterocycles. The lowest BCUT2D eigenvalue weighted by Crippen LogP contribution is -2.59. The van der Waals surface area contributed by atoms with Crippen LogP contribution in [0.15, 0.2) is 30.3 Å². The molecule has 4 nitrogen and oxygen atoms in total. The number of carbonyl (C=O) groups is 1. The quantitative estimate of drug-likeness (QED) is 0.846. The van der Waals surface area contributed by atoms with Crippen molar-refractivity contribution in [3.05, 3.63) is 30.3 Å². The van der Waals surface area contributed by atoms with Crippen LogP contribution in [0.1, 0.15) is 20.8 Å². The summed E-state index contributed by atoms with van der Waals surface area (Å²) in [6.45, 7) is 8.36. The first-order valence-corrected chi connectivity index (χ1v) is 6.69. The smallest absolute Gasteiger partial charge is 0.407 e. The summed E-state index contributed by atoms with van der Waals surface area (Å²) < 4.78 is 0. The summed E-state index contributed by atoms with van der Waals surface area (Å²) in [7, 11) is 0. The molecule has 1 heterocycles. The summed E-state index contributed by atoms with van der Waals surface area (Å²) in [5.74, 6) is 0. The molecule has 2 rings (SSSR count). The van der Waals surface area contributed by atoms with Gasteiger partial charge in [-0.2, -0.15) is 0 Å². The van der Waals surface area contributed by atoms with Gasteiger partial charge in [0.2, 0.25) is 0 Å². The number of hydrogen-bond acceptors (Lipinski definition) is 2. The predicted octanol–water partition coefficient (Wildman–Crippen LogP) is 2.90. The molecule has 1 saturated heterocycles. The maximum Gasteiger partial charge on any atom is 0.407 e. The van der Waals surface area contributed by atoms with Crippen molar-refractivity contribution in [2.24, 2.45) is 5.41 Å². The van der Waals surface area contributed by atoms with Crippen LogP contribution in [0.3, 0.4) is 0 Å². The normalized spacial score (nSPS) is 20.5. The van der Waals surface area contributed by atoms with Crippen LogP contribution in [0.2, 0.25) is 0 Å². The number of benzene rings is 1. The van der Waals surface area contributed by atoms with Gasteiger partial charge >= 0.3 is 6.09 Å². The van der Waals surface area contributed by atoms with Crippen LogP contribution in [0.5, 0.6) is 0 Å². The summed E-state index contributed by atoms with van der Waals surface area (Å²) >= 11 is 0. The molecule has 0 radical (unpaired) electrons. The van der Waals surface area contributed by atoms with Crippen LogP contribution in [-0.4, -0.2) is 41.8 Å². The highest BCUT2D eigenvalue weighted by Crippen LogP contribution is 2.29. The van der Waals surface area contributed by atoms with Gasteiger partial charge in [-0.05, 0) is 17.5 Å². The Hall–Kier alpha value is -1.71. The van der Waals surface area contributed by atoms with E-state index >= 15 is 0 Å². The molecule has 1 atom stereocenters. The number of hydrogen-bond donors (Lipinski definition) is 1. The van der Waals surface area contributed by atoms with E-state index in [0.29, 0.717) is 6.54 Å². The largest absolute Gasteiger partial charge is 0.465 e. The molecule has 104 valence electrons. The molecule has 1 fully saturated rings.